The maximum absolute atomic E-state index is 9.84. The molecule has 116 valence electrons. The van der Waals surface area contributed by atoms with Crippen LogP contribution in [0.25, 0.3) is 21.9 Å². The van der Waals surface area contributed by atoms with Crippen LogP contribution in [-0.4, -0.2) is 32.4 Å². The van der Waals surface area contributed by atoms with E-state index in [1.165, 1.54) is 0 Å². The fourth-order valence-corrected chi connectivity index (χ4v) is 2.67. The number of rotatable bonds is 5. The number of pyridine rings is 1. The number of imidazole rings is 1. The van der Waals surface area contributed by atoms with Crippen molar-refractivity contribution in [1.29, 1.82) is 0 Å². The van der Waals surface area contributed by atoms with Gasteiger partial charge < -0.3 is 20.1 Å². The van der Waals surface area contributed by atoms with Gasteiger partial charge in [-0.25, -0.2) is 9.97 Å². The second-order valence-corrected chi connectivity index (χ2v) is 5.34. The number of nitrogen functional groups attached to an aromatic ring is 1. The minimum absolute atomic E-state index is 0.381. The van der Waals surface area contributed by atoms with Crippen LogP contribution in [0.3, 0.4) is 0 Å². The SMILES string of the molecule is CCOCc1nc2c(N)nc3ccccc3c2n1C[C@H](C)O. The molecule has 0 aliphatic rings. The Balaban J connectivity index is 2.32. The largest absolute Gasteiger partial charge is 0.392 e. The molecule has 22 heavy (non-hydrogen) atoms. The first-order valence-corrected chi connectivity index (χ1v) is 7.41. The molecule has 0 saturated carbocycles. The highest BCUT2D eigenvalue weighted by Crippen LogP contribution is 2.29. The predicted octanol–water partition coefficient (Wildman–Crippen LogP) is 2.08. The lowest BCUT2D eigenvalue weighted by Crippen LogP contribution is -2.15. The lowest BCUT2D eigenvalue weighted by atomic mass is 10.2. The molecule has 0 saturated heterocycles. The number of hydrogen-bond donors (Lipinski definition) is 2. The number of para-hydroxylation sites is 1. The highest BCUT2D eigenvalue weighted by molar-refractivity contribution is 6.06. The fraction of sp³-hybridized carbons (Fsp3) is 0.375. The molecule has 0 aliphatic carbocycles. The van der Waals surface area contributed by atoms with Crippen LogP contribution in [0.1, 0.15) is 19.7 Å². The van der Waals surface area contributed by atoms with E-state index < -0.39 is 6.10 Å². The Bertz CT molecular complexity index is 811. The zero-order chi connectivity index (χ0) is 15.7. The molecule has 2 aromatic heterocycles. The number of nitrogens with two attached hydrogens (primary N) is 1. The highest BCUT2D eigenvalue weighted by atomic mass is 16.5. The molecule has 0 aliphatic heterocycles. The molecule has 1 atom stereocenters. The van der Waals surface area contributed by atoms with Crippen molar-refractivity contribution in [2.75, 3.05) is 12.3 Å². The molecule has 3 aromatic rings. The number of hydrogen-bond acceptors (Lipinski definition) is 5. The second kappa shape index (κ2) is 5.90. The lowest BCUT2D eigenvalue weighted by molar-refractivity contribution is 0.121. The average Bonchev–Trinajstić information content (AvgIpc) is 2.84. The number of ether oxygens (including phenoxy) is 1. The Morgan fingerprint density at radius 1 is 1.32 bits per heavy atom. The van der Waals surface area contributed by atoms with E-state index in [1.807, 2.05) is 35.8 Å². The van der Waals surface area contributed by atoms with Gasteiger partial charge in [0, 0.05) is 12.0 Å². The van der Waals surface area contributed by atoms with Crippen LogP contribution < -0.4 is 5.73 Å². The van der Waals surface area contributed by atoms with Crippen LogP contribution in [0, 0.1) is 0 Å². The number of benzene rings is 1. The van der Waals surface area contributed by atoms with Crippen LogP contribution in [-0.2, 0) is 17.9 Å². The van der Waals surface area contributed by atoms with Gasteiger partial charge in [-0.1, -0.05) is 18.2 Å². The summed E-state index contributed by atoms with van der Waals surface area (Å²) in [6, 6.07) is 7.81. The van der Waals surface area contributed by atoms with Gasteiger partial charge in [0.1, 0.15) is 17.9 Å². The second-order valence-electron chi connectivity index (χ2n) is 5.34. The van der Waals surface area contributed by atoms with Crippen LogP contribution in [0.5, 0.6) is 0 Å². The maximum atomic E-state index is 9.84. The van der Waals surface area contributed by atoms with E-state index in [1.54, 1.807) is 6.92 Å². The highest BCUT2D eigenvalue weighted by Gasteiger charge is 2.18. The van der Waals surface area contributed by atoms with E-state index in [4.69, 9.17) is 10.5 Å². The molecule has 3 N–H and O–H groups in total. The van der Waals surface area contributed by atoms with E-state index in [2.05, 4.69) is 9.97 Å². The van der Waals surface area contributed by atoms with Crippen molar-refractivity contribution >= 4 is 27.8 Å². The number of nitrogens with zero attached hydrogens (tertiary/aromatic N) is 3. The van der Waals surface area contributed by atoms with Gasteiger partial charge in [-0.15, -0.1) is 0 Å². The van der Waals surface area contributed by atoms with Crippen LogP contribution in [0.4, 0.5) is 5.82 Å². The van der Waals surface area contributed by atoms with E-state index in [-0.39, 0.29) is 0 Å². The molecule has 2 heterocycles. The predicted molar refractivity (Wildman–Crippen MR) is 86.5 cm³/mol. The number of aliphatic hydroxyl groups is 1. The summed E-state index contributed by atoms with van der Waals surface area (Å²) in [6.45, 7) is 5.11. The van der Waals surface area contributed by atoms with Gasteiger partial charge in [0.05, 0.1) is 23.7 Å². The van der Waals surface area contributed by atoms with Crippen LogP contribution in [0.15, 0.2) is 24.3 Å². The summed E-state index contributed by atoms with van der Waals surface area (Å²) in [4.78, 5) is 9.01. The van der Waals surface area contributed by atoms with Crippen molar-refractivity contribution in [2.45, 2.75) is 33.1 Å². The molecule has 6 nitrogen and oxygen atoms in total. The topological polar surface area (TPSA) is 86.2 Å². The van der Waals surface area contributed by atoms with Gasteiger partial charge in [0.2, 0.25) is 0 Å². The van der Waals surface area contributed by atoms with Crippen molar-refractivity contribution < 1.29 is 9.84 Å². The monoisotopic (exact) mass is 300 g/mol. The van der Waals surface area contributed by atoms with Crippen molar-refractivity contribution in [2.24, 2.45) is 0 Å². The first-order chi connectivity index (χ1) is 10.6. The summed E-state index contributed by atoms with van der Waals surface area (Å²) in [5.74, 6) is 1.15. The molecule has 3 rings (SSSR count). The Morgan fingerprint density at radius 2 is 2.09 bits per heavy atom. The number of anilines is 1. The zero-order valence-electron chi connectivity index (χ0n) is 12.8. The molecule has 6 heteroatoms. The molecule has 0 amide bonds. The van der Waals surface area contributed by atoms with Crippen LogP contribution >= 0.6 is 0 Å². The smallest absolute Gasteiger partial charge is 0.152 e. The minimum Gasteiger partial charge on any atom is -0.392 e. The molecule has 0 unspecified atom stereocenters. The van der Waals surface area contributed by atoms with Crippen molar-refractivity contribution in [3.63, 3.8) is 0 Å². The van der Waals surface area contributed by atoms with Crippen LogP contribution in [0.2, 0.25) is 0 Å². The summed E-state index contributed by atoms with van der Waals surface area (Å²) in [5.41, 5.74) is 8.46. The Hall–Kier alpha value is -2.18. The summed E-state index contributed by atoms with van der Waals surface area (Å²) in [7, 11) is 0. The third kappa shape index (κ3) is 2.51. The van der Waals surface area contributed by atoms with Gasteiger partial charge in [0.25, 0.3) is 0 Å². The summed E-state index contributed by atoms with van der Waals surface area (Å²) in [6.07, 6.45) is -0.495. The quantitative estimate of drug-likeness (QED) is 0.753. The Labute approximate surface area is 128 Å². The summed E-state index contributed by atoms with van der Waals surface area (Å²) >= 11 is 0. The summed E-state index contributed by atoms with van der Waals surface area (Å²) in [5, 5.41) is 10.8. The Kier molecular flexibility index (Phi) is 3.96. The minimum atomic E-state index is -0.495. The lowest BCUT2D eigenvalue weighted by Gasteiger charge is -2.12. The first kappa shape index (κ1) is 14.7. The number of aromatic nitrogens is 3. The first-order valence-electron chi connectivity index (χ1n) is 7.41. The number of fused-ring (bicyclic) bond motifs is 3. The molecule has 0 fully saturated rings. The van der Waals surface area contributed by atoms with E-state index in [0.717, 1.165) is 22.2 Å². The van der Waals surface area contributed by atoms with Gasteiger partial charge in [-0.2, -0.15) is 0 Å². The molecular weight excluding hydrogens is 280 g/mol. The van der Waals surface area contributed by atoms with Crippen molar-refractivity contribution in [3.8, 4) is 0 Å². The van der Waals surface area contributed by atoms with E-state index >= 15 is 0 Å². The van der Waals surface area contributed by atoms with E-state index in [9.17, 15) is 5.11 Å². The third-order valence-corrected chi connectivity index (χ3v) is 3.57. The molecule has 0 radical (unpaired) electrons. The third-order valence-electron chi connectivity index (χ3n) is 3.57. The zero-order valence-corrected chi connectivity index (χ0v) is 12.8. The van der Waals surface area contributed by atoms with Crippen molar-refractivity contribution in [1.82, 2.24) is 14.5 Å². The normalized spacial score (nSPS) is 13.0. The molecule has 0 bridgehead atoms. The summed E-state index contributed by atoms with van der Waals surface area (Å²) < 4.78 is 7.48. The maximum Gasteiger partial charge on any atom is 0.152 e. The van der Waals surface area contributed by atoms with E-state index in [0.29, 0.717) is 31.1 Å². The fourth-order valence-electron chi connectivity index (χ4n) is 2.67. The molecule has 0 spiro atoms. The van der Waals surface area contributed by atoms with Gasteiger partial charge in [-0.3, -0.25) is 0 Å². The number of aliphatic hydroxyl groups excluding tert-OH is 1. The van der Waals surface area contributed by atoms with Crippen molar-refractivity contribution in [3.05, 3.63) is 30.1 Å². The van der Waals surface area contributed by atoms with Gasteiger partial charge >= 0.3 is 0 Å². The van der Waals surface area contributed by atoms with Gasteiger partial charge in [-0.05, 0) is 19.9 Å². The van der Waals surface area contributed by atoms with Gasteiger partial charge in [0.15, 0.2) is 5.82 Å². The molecular formula is C16H20N4O2. The average molecular weight is 300 g/mol. The molecule has 1 aromatic carbocycles. The Morgan fingerprint density at radius 3 is 2.82 bits per heavy atom. The standard InChI is InChI=1S/C16H20N4O2/c1-3-22-9-13-19-14-15(20(13)8-10(2)21)11-6-4-5-7-12(11)18-16(14)17/h4-7,10,21H,3,8-9H2,1-2H3,(H2,17,18)/t10-/m0/s1.